The fraction of sp³-hybridized carbons (Fsp3) is 0.423. The molecule has 0 saturated carbocycles. The Balaban J connectivity index is 1.76. The second kappa shape index (κ2) is 10.6. The lowest BCUT2D eigenvalue weighted by molar-refractivity contribution is -0.148. The normalized spacial score (nSPS) is 18.1. The molecule has 2 atom stereocenters. The van der Waals surface area contributed by atoms with Gasteiger partial charge in [0.2, 0.25) is 0 Å². The molecule has 2 aromatic carbocycles. The van der Waals surface area contributed by atoms with E-state index in [1.54, 1.807) is 63.1 Å². The number of nitrogens with one attached hydrogen (secondary N) is 1. The van der Waals surface area contributed by atoms with Crippen LogP contribution in [0.25, 0.3) is 0 Å². The number of amides is 2. The van der Waals surface area contributed by atoms with Gasteiger partial charge >= 0.3 is 12.1 Å². The van der Waals surface area contributed by atoms with Gasteiger partial charge in [-0.25, -0.2) is 4.79 Å². The Morgan fingerprint density at radius 1 is 1.03 bits per heavy atom. The molecule has 0 radical (unpaired) electrons. The number of anilines is 1. The molecule has 1 saturated heterocycles. The molecule has 0 spiro atoms. The number of hydrogen-bond donors (Lipinski definition) is 1. The van der Waals surface area contributed by atoms with Crippen LogP contribution in [-0.4, -0.2) is 55.8 Å². The summed E-state index contributed by atoms with van der Waals surface area (Å²) in [5.41, 5.74) is 1.40. The van der Waals surface area contributed by atoms with Crippen molar-refractivity contribution in [2.75, 3.05) is 32.6 Å². The lowest BCUT2D eigenvalue weighted by Gasteiger charge is -2.38. The maximum Gasteiger partial charge on any atom is 0.410 e. The lowest BCUT2D eigenvalue weighted by atomic mass is 9.80. The van der Waals surface area contributed by atoms with E-state index < -0.39 is 17.6 Å². The van der Waals surface area contributed by atoms with Crippen molar-refractivity contribution in [3.63, 3.8) is 0 Å². The highest BCUT2D eigenvalue weighted by Crippen LogP contribution is 2.35. The Bertz CT molecular complexity index is 1030. The first-order valence-electron chi connectivity index (χ1n) is 11.2. The number of methoxy groups -OCH3 is 2. The van der Waals surface area contributed by atoms with Crippen molar-refractivity contribution in [3.05, 3.63) is 59.7 Å². The van der Waals surface area contributed by atoms with Gasteiger partial charge in [0.25, 0.3) is 5.91 Å². The summed E-state index contributed by atoms with van der Waals surface area (Å²) in [5, 5.41) is 2.91. The van der Waals surface area contributed by atoms with Crippen LogP contribution in [0.1, 0.15) is 49.0 Å². The van der Waals surface area contributed by atoms with Gasteiger partial charge in [-0.15, -0.1) is 0 Å². The molecule has 2 amide bonds. The second-order valence-corrected chi connectivity index (χ2v) is 9.26. The van der Waals surface area contributed by atoms with E-state index in [4.69, 9.17) is 14.2 Å². The first-order valence-corrected chi connectivity index (χ1v) is 11.2. The average Bonchev–Trinajstić information content (AvgIpc) is 2.82. The molecule has 2 aromatic rings. The molecule has 34 heavy (non-hydrogen) atoms. The highest BCUT2D eigenvalue weighted by Gasteiger charge is 2.39. The second-order valence-electron chi connectivity index (χ2n) is 9.26. The topological polar surface area (TPSA) is 94.2 Å². The average molecular weight is 469 g/mol. The summed E-state index contributed by atoms with van der Waals surface area (Å²) in [7, 11) is 2.91. The van der Waals surface area contributed by atoms with Crippen LogP contribution in [0.5, 0.6) is 5.75 Å². The number of carbonyl (C=O) groups excluding carboxylic acids is 3. The predicted octanol–water partition coefficient (Wildman–Crippen LogP) is 4.46. The van der Waals surface area contributed by atoms with Crippen molar-refractivity contribution >= 4 is 23.7 Å². The zero-order valence-electron chi connectivity index (χ0n) is 20.3. The third kappa shape index (κ3) is 6.27. The summed E-state index contributed by atoms with van der Waals surface area (Å²) in [6.07, 6.45) is 0.120. The Morgan fingerprint density at radius 2 is 1.74 bits per heavy atom. The molecule has 8 nitrogen and oxygen atoms in total. The first kappa shape index (κ1) is 25.1. The Labute approximate surface area is 200 Å². The van der Waals surface area contributed by atoms with Crippen LogP contribution < -0.4 is 10.1 Å². The number of benzene rings is 2. The van der Waals surface area contributed by atoms with Gasteiger partial charge in [0.05, 0.1) is 20.1 Å². The molecule has 3 rings (SSSR count). The molecular weight excluding hydrogens is 436 g/mol. The van der Waals surface area contributed by atoms with Crippen LogP contribution >= 0.6 is 0 Å². The SMILES string of the molecule is COC(=O)[C@H]1CN(C(=O)OC(C)(C)C)CC[C@@H]1c1cccc(NC(=O)c2ccc(OC)cc2)c1. The third-order valence-corrected chi connectivity index (χ3v) is 5.69. The van der Waals surface area contributed by atoms with E-state index in [9.17, 15) is 14.4 Å². The molecule has 1 aliphatic rings. The highest BCUT2D eigenvalue weighted by atomic mass is 16.6. The van der Waals surface area contributed by atoms with Gasteiger partial charge in [-0.3, -0.25) is 9.59 Å². The van der Waals surface area contributed by atoms with Crippen molar-refractivity contribution in [2.45, 2.75) is 38.7 Å². The van der Waals surface area contributed by atoms with Gasteiger partial charge in [-0.05, 0) is 69.2 Å². The molecule has 0 bridgehead atoms. The van der Waals surface area contributed by atoms with Gasteiger partial charge in [0.1, 0.15) is 11.4 Å². The summed E-state index contributed by atoms with van der Waals surface area (Å²) < 4.78 is 15.7. The van der Waals surface area contributed by atoms with E-state index in [-0.39, 0.29) is 24.3 Å². The molecule has 8 heteroatoms. The van der Waals surface area contributed by atoms with Crippen molar-refractivity contribution in [1.29, 1.82) is 0 Å². The van der Waals surface area contributed by atoms with Crippen molar-refractivity contribution < 1.29 is 28.6 Å². The molecule has 0 aliphatic carbocycles. The van der Waals surface area contributed by atoms with E-state index in [0.717, 1.165) is 5.56 Å². The number of esters is 1. The van der Waals surface area contributed by atoms with Crippen LogP contribution in [-0.2, 0) is 14.3 Å². The smallest absolute Gasteiger partial charge is 0.410 e. The van der Waals surface area contributed by atoms with Gasteiger partial charge in [0.15, 0.2) is 0 Å². The maximum absolute atomic E-state index is 12.7. The summed E-state index contributed by atoms with van der Waals surface area (Å²) in [6.45, 7) is 6.08. The monoisotopic (exact) mass is 468 g/mol. The van der Waals surface area contributed by atoms with Crippen molar-refractivity contribution in [1.82, 2.24) is 4.90 Å². The number of hydrogen-bond acceptors (Lipinski definition) is 6. The van der Waals surface area contributed by atoms with E-state index in [2.05, 4.69) is 5.32 Å². The zero-order chi connectivity index (χ0) is 24.9. The Hall–Kier alpha value is -3.55. The van der Waals surface area contributed by atoms with Crippen molar-refractivity contribution in [3.8, 4) is 5.75 Å². The van der Waals surface area contributed by atoms with Crippen LogP contribution in [0.2, 0.25) is 0 Å². The fourth-order valence-corrected chi connectivity index (χ4v) is 4.03. The van der Waals surface area contributed by atoms with E-state index >= 15 is 0 Å². The third-order valence-electron chi connectivity index (χ3n) is 5.69. The summed E-state index contributed by atoms with van der Waals surface area (Å²) in [6, 6.07) is 14.3. The molecule has 1 heterocycles. The lowest BCUT2D eigenvalue weighted by Crippen LogP contribution is -2.47. The molecule has 1 aliphatic heterocycles. The number of carbonyl (C=O) groups is 3. The summed E-state index contributed by atoms with van der Waals surface area (Å²) in [4.78, 5) is 39.4. The largest absolute Gasteiger partial charge is 0.497 e. The number of ether oxygens (including phenoxy) is 3. The fourth-order valence-electron chi connectivity index (χ4n) is 4.03. The predicted molar refractivity (Wildman–Crippen MR) is 128 cm³/mol. The molecular formula is C26H32N2O6. The number of likely N-dealkylation sites (tertiary alicyclic amines) is 1. The molecule has 1 fully saturated rings. The first-order chi connectivity index (χ1) is 16.1. The van der Waals surface area contributed by atoms with Gasteiger partial charge < -0.3 is 24.4 Å². The number of piperidine rings is 1. The minimum Gasteiger partial charge on any atom is -0.497 e. The molecule has 1 N–H and O–H groups in total. The highest BCUT2D eigenvalue weighted by molar-refractivity contribution is 6.04. The number of rotatable bonds is 5. The van der Waals surface area contributed by atoms with E-state index in [1.165, 1.54) is 7.11 Å². The molecule has 0 unspecified atom stereocenters. The quantitative estimate of drug-likeness (QED) is 0.651. The van der Waals surface area contributed by atoms with E-state index in [0.29, 0.717) is 30.0 Å². The minimum atomic E-state index is -0.620. The van der Waals surface area contributed by atoms with Crippen molar-refractivity contribution in [2.24, 2.45) is 5.92 Å². The van der Waals surface area contributed by atoms with Gasteiger partial charge in [-0.2, -0.15) is 0 Å². The maximum atomic E-state index is 12.7. The zero-order valence-corrected chi connectivity index (χ0v) is 20.3. The molecule has 0 aromatic heterocycles. The van der Waals surface area contributed by atoms with Crippen LogP contribution in [0, 0.1) is 5.92 Å². The van der Waals surface area contributed by atoms with Crippen LogP contribution in [0.4, 0.5) is 10.5 Å². The Kier molecular flexibility index (Phi) is 7.81. The van der Waals surface area contributed by atoms with E-state index in [1.807, 2.05) is 18.2 Å². The summed E-state index contributed by atoms with van der Waals surface area (Å²) >= 11 is 0. The summed E-state index contributed by atoms with van der Waals surface area (Å²) in [5.74, 6) is -0.664. The minimum absolute atomic E-state index is 0.163. The standard InChI is InChI=1S/C26H32N2O6/c1-26(2,3)34-25(31)28-14-13-21(22(16-28)24(30)33-5)18-7-6-8-19(15-18)27-23(29)17-9-11-20(32-4)12-10-17/h6-12,15,21-22H,13-14,16H2,1-5H3,(H,27,29)/t21-,22+/m1/s1. The van der Waals surface area contributed by atoms with Crippen LogP contribution in [0.3, 0.4) is 0 Å². The molecule has 182 valence electrons. The number of nitrogens with zero attached hydrogens (tertiary/aromatic N) is 1. The van der Waals surface area contributed by atoms with Gasteiger partial charge in [-0.1, -0.05) is 12.1 Å². The van der Waals surface area contributed by atoms with Crippen LogP contribution in [0.15, 0.2) is 48.5 Å². The van der Waals surface area contributed by atoms with Gasteiger partial charge in [0, 0.05) is 30.3 Å². The Morgan fingerprint density at radius 3 is 2.35 bits per heavy atom.